The van der Waals surface area contributed by atoms with Gasteiger partial charge in [-0.25, -0.2) is 4.79 Å². The van der Waals surface area contributed by atoms with Crippen LogP contribution in [0.25, 0.3) is 0 Å². The fourth-order valence-electron chi connectivity index (χ4n) is 1.30. The van der Waals surface area contributed by atoms with E-state index in [1.807, 2.05) is 0 Å². The first-order chi connectivity index (χ1) is 7.33. The summed E-state index contributed by atoms with van der Waals surface area (Å²) in [6.45, 7) is 1.58. The van der Waals surface area contributed by atoms with Gasteiger partial charge in [-0.3, -0.25) is 0 Å². The lowest BCUT2D eigenvalue weighted by Gasteiger charge is -2.22. The standard InChI is InChI=1S/C10H18O5/c1-12-9(11)8-13-6-7-15-10-4-2-3-5-14-10/h10H,2-8H2,1H3. The molecule has 1 saturated heterocycles. The van der Waals surface area contributed by atoms with Gasteiger partial charge in [0.05, 0.1) is 20.3 Å². The van der Waals surface area contributed by atoms with Gasteiger partial charge in [-0.15, -0.1) is 0 Å². The van der Waals surface area contributed by atoms with E-state index in [0.29, 0.717) is 13.2 Å². The number of ether oxygens (including phenoxy) is 4. The Morgan fingerprint density at radius 3 is 2.93 bits per heavy atom. The summed E-state index contributed by atoms with van der Waals surface area (Å²) in [5.74, 6) is -0.371. The van der Waals surface area contributed by atoms with E-state index in [0.717, 1.165) is 25.9 Å². The van der Waals surface area contributed by atoms with Crippen LogP contribution in [0.4, 0.5) is 0 Å². The van der Waals surface area contributed by atoms with Crippen LogP contribution in [0.1, 0.15) is 19.3 Å². The second-order valence-electron chi connectivity index (χ2n) is 3.30. The molecule has 5 nitrogen and oxygen atoms in total. The first-order valence-electron chi connectivity index (χ1n) is 5.20. The van der Waals surface area contributed by atoms with Crippen LogP contribution in [-0.2, 0) is 23.7 Å². The highest BCUT2D eigenvalue weighted by atomic mass is 16.7. The molecule has 88 valence electrons. The number of carbonyl (C=O) groups is 1. The van der Waals surface area contributed by atoms with Crippen molar-refractivity contribution in [3.63, 3.8) is 0 Å². The minimum Gasteiger partial charge on any atom is -0.467 e. The molecule has 0 aliphatic carbocycles. The summed E-state index contributed by atoms with van der Waals surface area (Å²) in [7, 11) is 1.33. The van der Waals surface area contributed by atoms with Gasteiger partial charge in [-0.2, -0.15) is 0 Å². The molecule has 0 aromatic carbocycles. The van der Waals surface area contributed by atoms with Gasteiger partial charge in [0.1, 0.15) is 6.61 Å². The highest BCUT2D eigenvalue weighted by Gasteiger charge is 2.13. The van der Waals surface area contributed by atoms with Crippen molar-refractivity contribution in [2.45, 2.75) is 25.6 Å². The van der Waals surface area contributed by atoms with Crippen molar-refractivity contribution in [3.05, 3.63) is 0 Å². The number of esters is 1. The van der Waals surface area contributed by atoms with E-state index in [1.165, 1.54) is 7.11 Å². The van der Waals surface area contributed by atoms with Crippen LogP contribution in [0.5, 0.6) is 0 Å². The van der Waals surface area contributed by atoms with Crippen molar-refractivity contribution >= 4 is 5.97 Å². The van der Waals surface area contributed by atoms with E-state index in [9.17, 15) is 4.79 Å². The molecule has 1 aliphatic rings. The average Bonchev–Trinajstić information content (AvgIpc) is 2.29. The fraction of sp³-hybridized carbons (Fsp3) is 0.900. The molecule has 1 unspecified atom stereocenters. The van der Waals surface area contributed by atoms with Crippen LogP contribution in [0.3, 0.4) is 0 Å². The largest absolute Gasteiger partial charge is 0.467 e. The third-order valence-corrected chi connectivity index (χ3v) is 2.12. The lowest BCUT2D eigenvalue weighted by molar-refractivity contribution is -0.171. The molecule has 0 bridgehead atoms. The second kappa shape index (κ2) is 7.62. The Hall–Kier alpha value is -0.650. The molecule has 0 amide bonds. The lowest BCUT2D eigenvalue weighted by Crippen LogP contribution is -2.24. The van der Waals surface area contributed by atoms with Gasteiger partial charge in [0.15, 0.2) is 6.29 Å². The summed E-state index contributed by atoms with van der Waals surface area (Å²) in [5, 5.41) is 0. The van der Waals surface area contributed by atoms with E-state index in [4.69, 9.17) is 14.2 Å². The molecule has 1 fully saturated rings. The van der Waals surface area contributed by atoms with Gasteiger partial charge in [0.2, 0.25) is 0 Å². The minimum atomic E-state index is -0.371. The number of hydrogen-bond donors (Lipinski definition) is 0. The van der Waals surface area contributed by atoms with E-state index in [-0.39, 0.29) is 18.9 Å². The van der Waals surface area contributed by atoms with Crippen molar-refractivity contribution in [3.8, 4) is 0 Å². The van der Waals surface area contributed by atoms with Crippen molar-refractivity contribution in [1.29, 1.82) is 0 Å². The molecule has 5 heteroatoms. The lowest BCUT2D eigenvalue weighted by atomic mass is 10.2. The maximum absolute atomic E-state index is 10.7. The van der Waals surface area contributed by atoms with Crippen molar-refractivity contribution in [2.24, 2.45) is 0 Å². The van der Waals surface area contributed by atoms with Gasteiger partial charge in [-0.05, 0) is 19.3 Å². The number of carbonyl (C=O) groups excluding carboxylic acids is 1. The quantitative estimate of drug-likeness (QED) is 0.485. The molecule has 15 heavy (non-hydrogen) atoms. The Labute approximate surface area is 89.6 Å². The average molecular weight is 218 g/mol. The molecule has 0 radical (unpaired) electrons. The van der Waals surface area contributed by atoms with Crippen LogP contribution in [0, 0.1) is 0 Å². The van der Waals surface area contributed by atoms with Gasteiger partial charge < -0.3 is 18.9 Å². The molecule has 0 aromatic rings. The summed E-state index contributed by atoms with van der Waals surface area (Å²) < 4.78 is 20.2. The third-order valence-electron chi connectivity index (χ3n) is 2.12. The molecular formula is C10H18O5. The summed E-state index contributed by atoms with van der Waals surface area (Å²) in [6, 6.07) is 0. The van der Waals surface area contributed by atoms with Crippen LogP contribution >= 0.6 is 0 Å². The first kappa shape index (κ1) is 12.4. The molecule has 1 rings (SSSR count). The number of hydrogen-bond acceptors (Lipinski definition) is 5. The normalized spacial score (nSPS) is 21.3. The van der Waals surface area contributed by atoms with E-state index in [2.05, 4.69) is 4.74 Å². The fourth-order valence-corrected chi connectivity index (χ4v) is 1.30. The van der Waals surface area contributed by atoms with Crippen LogP contribution in [0.15, 0.2) is 0 Å². The number of rotatable bonds is 6. The van der Waals surface area contributed by atoms with Crippen molar-refractivity contribution in [2.75, 3.05) is 33.5 Å². The zero-order valence-electron chi connectivity index (χ0n) is 9.07. The molecule has 0 saturated carbocycles. The Morgan fingerprint density at radius 1 is 1.40 bits per heavy atom. The molecule has 0 N–H and O–H groups in total. The Balaban J connectivity index is 1.89. The SMILES string of the molecule is COC(=O)COCCOC1CCCCO1. The smallest absolute Gasteiger partial charge is 0.331 e. The van der Waals surface area contributed by atoms with E-state index < -0.39 is 0 Å². The third kappa shape index (κ3) is 5.71. The molecule has 1 heterocycles. The van der Waals surface area contributed by atoms with Crippen LogP contribution < -0.4 is 0 Å². The first-order valence-corrected chi connectivity index (χ1v) is 5.20. The summed E-state index contributed by atoms with van der Waals surface area (Å²) in [6.07, 6.45) is 3.10. The maximum atomic E-state index is 10.7. The molecule has 0 spiro atoms. The predicted molar refractivity (Wildman–Crippen MR) is 52.4 cm³/mol. The molecule has 1 atom stereocenters. The Bertz CT molecular complexity index is 177. The van der Waals surface area contributed by atoms with E-state index in [1.54, 1.807) is 0 Å². The second-order valence-corrected chi connectivity index (χ2v) is 3.30. The summed E-state index contributed by atoms with van der Waals surface area (Å²) in [4.78, 5) is 10.7. The summed E-state index contributed by atoms with van der Waals surface area (Å²) >= 11 is 0. The number of methoxy groups -OCH3 is 1. The van der Waals surface area contributed by atoms with Crippen LogP contribution in [0.2, 0.25) is 0 Å². The van der Waals surface area contributed by atoms with Crippen LogP contribution in [-0.4, -0.2) is 45.8 Å². The van der Waals surface area contributed by atoms with Gasteiger partial charge in [0, 0.05) is 6.61 Å². The topological polar surface area (TPSA) is 54.0 Å². The van der Waals surface area contributed by atoms with Crippen molar-refractivity contribution < 1.29 is 23.7 Å². The van der Waals surface area contributed by atoms with E-state index >= 15 is 0 Å². The molecular weight excluding hydrogens is 200 g/mol. The monoisotopic (exact) mass is 218 g/mol. The summed E-state index contributed by atoms with van der Waals surface area (Å²) in [5.41, 5.74) is 0. The highest BCUT2D eigenvalue weighted by molar-refractivity contribution is 5.70. The molecule has 0 aromatic heterocycles. The maximum Gasteiger partial charge on any atom is 0.331 e. The van der Waals surface area contributed by atoms with Gasteiger partial charge >= 0.3 is 5.97 Å². The van der Waals surface area contributed by atoms with Gasteiger partial charge in [0.25, 0.3) is 0 Å². The predicted octanol–water partition coefficient (Wildman–Crippen LogP) is 0.719. The molecule has 1 aliphatic heterocycles. The zero-order valence-corrected chi connectivity index (χ0v) is 9.07. The Morgan fingerprint density at radius 2 is 2.27 bits per heavy atom. The highest BCUT2D eigenvalue weighted by Crippen LogP contribution is 2.13. The van der Waals surface area contributed by atoms with Gasteiger partial charge in [-0.1, -0.05) is 0 Å². The zero-order chi connectivity index (χ0) is 10.9. The minimum absolute atomic E-state index is 0.0224. The Kier molecular flexibility index (Phi) is 6.31. The van der Waals surface area contributed by atoms with Crippen molar-refractivity contribution in [1.82, 2.24) is 0 Å².